The number of amides is 1. The lowest BCUT2D eigenvalue weighted by molar-refractivity contribution is 0.0931. The Bertz CT molecular complexity index is 697. The van der Waals surface area contributed by atoms with Gasteiger partial charge in [-0.15, -0.1) is 11.3 Å². The number of carbonyl (C=O) groups excluding carboxylic acids is 1. The Labute approximate surface area is 141 Å². The Hall–Kier alpha value is -1.85. The van der Waals surface area contributed by atoms with E-state index in [1.165, 1.54) is 10.4 Å². The summed E-state index contributed by atoms with van der Waals surface area (Å²) in [6.45, 7) is 5.98. The van der Waals surface area contributed by atoms with Crippen molar-refractivity contribution in [1.29, 1.82) is 0 Å². The number of carbonyl (C=O) groups is 1. The first-order chi connectivity index (χ1) is 11.1. The molecule has 0 radical (unpaired) electrons. The van der Waals surface area contributed by atoms with Crippen LogP contribution in [0.25, 0.3) is 0 Å². The quantitative estimate of drug-likeness (QED) is 0.848. The number of rotatable bonds is 4. The lowest BCUT2D eigenvalue weighted by Gasteiger charge is -2.38. The molecule has 2 aromatic rings. The van der Waals surface area contributed by atoms with Gasteiger partial charge in [-0.05, 0) is 49.4 Å². The number of nitrogens with two attached hydrogens (primary N) is 1. The van der Waals surface area contributed by atoms with Gasteiger partial charge in [0.15, 0.2) is 0 Å². The number of nitrogen functional groups attached to an aromatic ring is 1. The molecule has 23 heavy (non-hydrogen) atoms. The fraction of sp³-hybridized carbons (Fsp3) is 0.389. The third-order valence-electron chi connectivity index (χ3n) is 4.60. The fourth-order valence-corrected chi connectivity index (χ4v) is 4.38. The molecule has 0 aliphatic carbocycles. The van der Waals surface area contributed by atoms with E-state index in [1.54, 1.807) is 12.1 Å². The predicted molar refractivity (Wildman–Crippen MR) is 95.8 cm³/mol. The van der Waals surface area contributed by atoms with Crippen LogP contribution in [-0.2, 0) is 6.42 Å². The van der Waals surface area contributed by atoms with E-state index in [9.17, 15) is 4.79 Å². The van der Waals surface area contributed by atoms with E-state index in [4.69, 9.17) is 5.73 Å². The van der Waals surface area contributed by atoms with E-state index in [-0.39, 0.29) is 5.91 Å². The molecule has 1 aliphatic heterocycles. The molecular formula is C18H23N3OS. The molecule has 1 aromatic heterocycles. The number of nitrogens with one attached hydrogen (secondary N) is 1. The standard InChI is InChI=1S/C18H23N3OS/c1-12-11-14-7-10-23-17(14)13(2)21(12)9-8-20-18(22)15-5-3-4-6-16(15)19/h3-7,10,12-13H,8-9,11,19H2,1-2H3,(H,20,22). The van der Waals surface area contributed by atoms with Crippen molar-refractivity contribution in [3.8, 4) is 0 Å². The Balaban J connectivity index is 1.59. The van der Waals surface area contributed by atoms with Gasteiger partial charge in [-0.25, -0.2) is 0 Å². The van der Waals surface area contributed by atoms with E-state index < -0.39 is 0 Å². The van der Waals surface area contributed by atoms with Crippen LogP contribution in [0, 0.1) is 0 Å². The van der Waals surface area contributed by atoms with Gasteiger partial charge in [0.2, 0.25) is 0 Å². The van der Waals surface area contributed by atoms with Crippen LogP contribution in [-0.4, -0.2) is 29.9 Å². The van der Waals surface area contributed by atoms with Crippen molar-refractivity contribution in [2.45, 2.75) is 32.4 Å². The van der Waals surface area contributed by atoms with Crippen molar-refractivity contribution in [3.05, 3.63) is 51.7 Å². The van der Waals surface area contributed by atoms with Crippen molar-refractivity contribution in [2.75, 3.05) is 18.8 Å². The average molecular weight is 329 g/mol. The number of benzene rings is 1. The maximum Gasteiger partial charge on any atom is 0.253 e. The number of nitrogens with zero attached hydrogens (tertiary/aromatic N) is 1. The number of thiophene rings is 1. The van der Waals surface area contributed by atoms with E-state index in [2.05, 4.69) is 35.5 Å². The van der Waals surface area contributed by atoms with Gasteiger partial charge in [0, 0.05) is 35.7 Å². The van der Waals surface area contributed by atoms with Crippen molar-refractivity contribution < 1.29 is 4.79 Å². The highest BCUT2D eigenvalue weighted by atomic mass is 32.1. The van der Waals surface area contributed by atoms with E-state index in [0.29, 0.717) is 29.9 Å². The molecule has 4 nitrogen and oxygen atoms in total. The Morgan fingerprint density at radius 1 is 1.35 bits per heavy atom. The molecular weight excluding hydrogens is 306 g/mol. The molecule has 1 aliphatic rings. The van der Waals surface area contributed by atoms with Crippen LogP contribution in [0.3, 0.4) is 0 Å². The Morgan fingerprint density at radius 3 is 2.91 bits per heavy atom. The monoisotopic (exact) mass is 329 g/mol. The summed E-state index contributed by atoms with van der Waals surface area (Å²) in [5.74, 6) is -0.0998. The van der Waals surface area contributed by atoms with Crippen LogP contribution in [0.1, 0.15) is 40.7 Å². The normalized spacial score (nSPS) is 21.0. The molecule has 0 saturated heterocycles. The van der Waals surface area contributed by atoms with Gasteiger partial charge in [0.1, 0.15) is 0 Å². The zero-order valence-electron chi connectivity index (χ0n) is 13.6. The number of hydrogen-bond donors (Lipinski definition) is 2. The van der Waals surface area contributed by atoms with Gasteiger partial charge in [0.25, 0.3) is 5.91 Å². The molecule has 122 valence electrons. The molecule has 0 spiro atoms. The molecule has 3 rings (SSSR count). The average Bonchev–Trinajstić information content (AvgIpc) is 2.99. The van der Waals surface area contributed by atoms with Gasteiger partial charge in [-0.2, -0.15) is 0 Å². The third kappa shape index (κ3) is 3.26. The third-order valence-corrected chi connectivity index (χ3v) is 5.73. The van der Waals surface area contributed by atoms with Crippen molar-refractivity contribution in [1.82, 2.24) is 10.2 Å². The summed E-state index contributed by atoms with van der Waals surface area (Å²) in [5.41, 5.74) is 8.40. The van der Waals surface area contributed by atoms with Crippen molar-refractivity contribution >= 4 is 22.9 Å². The maximum absolute atomic E-state index is 12.2. The van der Waals surface area contributed by atoms with Gasteiger partial charge >= 0.3 is 0 Å². The molecule has 2 atom stereocenters. The van der Waals surface area contributed by atoms with E-state index in [1.807, 2.05) is 23.5 Å². The smallest absolute Gasteiger partial charge is 0.253 e. The highest BCUT2D eigenvalue weighted by Crippen LogP contribution is 2.35. The molecule has 0 bridgehead atoms. The zero-order valence-corrected chi connectivity index (χ0v) is 14.4. The van der Waals surface area contributed by atoms with Crippen molar-refractivity contribution in [3.63, 3.8) is 0 Å². The molecule has 2 unspecified atom stereocenters. The lowest BCUT2D eigenvalue weighted by Crippen LogP contribution is -2.44. The minimum absolute atomic E-state index is 0.0998. The highest BCUT2D eigenvalue weighted by molar-refractivity contribution is 7.10. The first-order valence-electron chi connectivity index (χ1n) is 8.02. The van der Waals surface area contributed by atoms with E-state index >= 15 is 0 Å². The van der Waals surface area contributed by atoms with Gasteiger partial charge in [-0.1, -0.05) is 12.1 Å². The van der Waals surface area contributed by atoms with Crippen LogP contribution >= 0.6 is 11.3 Å². The summed E-state index contributed by atoms with van der Waals surface area (Å²) < 4.78 is 0. The predicted octanol–water partition coefficient (Wildman–Crippen LogP) is 3.07. The second-order valence-corrected chi connectivity index (χ2v) is 7.07. The van der Waals surface area contributed by atoms with Crippen LogP contribution < -0.4 is 11.1 Å². The van der Waals surface area contributed by atoms with Crippen LogP contribution in [0.2, 0.25) is 0 Å². The minimum atomic E-state index is -0.0998. The van der Waals surface area contributed by atoms with Crippen LogP contribution in [0.5, 0.6) is 0 Å². The van der Waals surface area contributed by atoms with Crippen molar-refractivity contribution in [2.24, 2.45) is 0 Å². The maximum atomic E-state index is 12.2. The second-order valence-electron chi connectivity index (χ2n) is 6.12. The number of anilines is 1. The SMILES string of the molecule is CC1Cc2ccsc2C(C)N1CCNC(=O)c1ccccc1N. The van der Waals surface area contributed by atoms with Gasteiger partial charge in [-0.3, -0.25) is 9.69 Å². The topological polar surface area (TPSA) is 58.4 Å². The van der Waals surface area contributed by atoms with E-state index in [0.717, 1.165) is 13.0 Å². The molecule has 0 saturated carbocycles. The molecule has 5 heteroatoms. The number of hydrogen-bond acceptors (Lipinski definition) is 4. The largest absolute Gasteiger partial charge is 0.398 e. The summed E-state index contributed by atoms with van der Waals surface area (Å²) in [6, 6.07) is 10.3. The molecule has 3 N–H and O–H groups in total. The Kier molecular flexibility index (Phi) is 4.68. The lowest BCUT2D eigenvalue weighted by atomic mass is 9.97. The summed E-state index contributed by atoms with van der Waals surface area (Å²) in [7, 11) is 0. The molecule has 1 amide bonds. The summed E-state index contributed by atoms with van der Waals surface area (Å²) in [4.78, 5) is 16.1. The van der Waals surface area contributed by atoms with Crippen LogP contribution in [0.4, 0.5) is 5.69 Å². The first kappa shape index (κ1) is 16.0. The minimum Gasteiger partial charge on any atom is -0.398 e. The molecule has 2 heterocycles. The summed E-state index contributed by atoms with van der Waals surface area (Å²) in [5, 5.41) is 5.17. The second kappa shape index (κ2) is 6.72. The summed E-state index contributed by atoms with van der Waals surface area (Å²) in [6.07, 6.45) is 1.09. The molecule has 1 aromatic carbocycles. The molecule has 0 fully saturated rings. The first-order valence-corrected chi connectivity index (χ1v) is 8.90. The van der Waals surface area contributed by atoms with Crippen LogP contribution in [0.15, 0.2) is 35.7 Å². The number of fused-ring (bicyclic) bond motifs is 1. The van der Waals surface area contributed by atoms with Gasteiger partial charge < -0.3 is 11.1 Å². The zero-order chi connectivity index (χ0) is 16.4. The highest BCUT2D eigenvalue weighted by Gasteiger charge is 2.29. The fourth-order valence-electron chi connectivity index (χ4n) is 3.36. The Morgan fingerprint density at radius 2 is 2.13 bits per heavy atom. The summed E-state index contributed by atoms with van der Waals surface area (Å²) >= 11 is 1.83. The number of para-hydroxylation sites is 1. The van der Waals surface area contributed by atoms with Gasteiger partial charge in [0.05, 0.1) is 5.56 Å².